The lowest BCUT2D eigenvalue weighted by Crippen LogP contribution is -2.61. The number of aliphatic hydroxyl groups is 1. The number of ketones is 1. The van der Waals surface area contributed by atoms with Gasteiger partial charge in [0.2, 0.25) is 0 Å². The maximum absolute atomic E-state index is 14.4. The highest BCUT2D eigenvalue weighted by Crippen LogP contribution is 2.53. The van der Waals surface area contributed by atoms with Crippen LogP contribution in [-0.4, -0.2) is 92.2 Å². The van der Waals surface area contributed by atoms with Crippen molar-refractivity contribution in [2.24, 2.45) is 22.7 Å². The second-order valence-electron chi connectivity index (χ2n) is 16.4. The lowest BCUT2D eigenvalue weighted by atomic mass is 9.68. The Balaban J connectivity index is 1.03. The zero-order valence-corrected chi connectivity index (χ0v) is 29.5. The van der Waals surface area contributed by atoms with Gasteiger partial charge in [0, 0.05) is 49.5 Å². The van der Waals surface area contributed by atoms with Crippen molar-refractivity contribution in [2.75, 3.05) is 37.6 Å². The van der Waals surface area contributed by atoms with Gasteiger partial charge in [0.05, 0.1) is 11.2 Å². The first-order chi connectivity index (χ1) is 22.7. The number of ether oxygens (including phenoxy) is 1. The van der Waals surface area contributed by atoms with E-state index in [1.165, 1.54) is 37.4 Å². The number of carbonyl (C=O) groups is 2. The van der Waals surface area contributed by atoms with Crippen LogP contribution in [0.15, 0.2) is 24.5 Å². The van der Waals surface area contributed by atoms with Gasteiger partial charge in [0.25, 0.3) is 11.8 Å². The van der Waals surface area contributed by atoms with E-state index in [0.29, 0.717) is 18.2 Å². The minimum atomic E-state index is -0.924. The van der Waals surface area contributed by atoms with Crippen LogP contribution in [0.1, 0.15) is 103 Å². The van der Waals surface area contributed by atoms with Crippen LogP contribution in [0.5, 0.6) is 11.6 Å². The molecule has 2 saturated carbocycles. The van der Waals surface area contributed by atoms with E-state index in [1.807, 2.05) is 27.7 Å². The van der Waals surface area contributed by atoms with Gasteiger partial charge >= 0.3 is 0 Å². The first-order valence-electron chi connectivity index (χ1n) is 17.9. The van der Waals surface area contributed by atoms with Crippen molar-refractivity contribution >= 4 is 17.5 Å². The summed E-state index contributed by atoms with van der Waals surface area (Å²) in [7, 11) is 0. The summed E-state index contributed by atoms with van der Waals surface area (Å²) in [6, 6.07) is 3.83. The van der Waals surface area contributed by atoms with Crippen LogP contribution < -0.4 is 9.64 Å². The lowest BCUT2D eigenvalue weighted by molar-refractivity contribution is -0.127. The maximum Gasteiger partial charge on any atom is 0.282 e. The first kappa shape index (κ1) is 34.7. The predicted molar refractivity (Wildman–Crippen MR) is 181 cm³/mol. The standard InChI is InChI=1S/C37H53FN6O4/c1-24(2)44(25(3)4)34(46)28-17-27(38)7-8-31(28)48-33-32(39-23-40-41-33)43-21-37(22-43)13-15-42(16-14-37)20-26-9-11-36(12-10-26)18-29(30(45)19-36)35(5,6)47/h7-8,17,23-26,29,47H,9-16,18-22H2,1-6H3/t26?,29-,36?/m1/s1. The van der Waals surface area contributed by atoms with Gasteiger partial charge in [-0.3, -0.25) is 9.59 Å². The van der Waals surface area contributed by atoms with Crippen LogP contribution in [0, 0.1) is 28.5 Å². The summed E-state index contributed by atoms with van der Waals surface area (Å²) in [5.74, 6) is 0.908. The zero-order chi connectivity index (χ0) is 34.4. The topological polar surface area (TPSA) is 112 Å². The highest BCUT2D eigenvalue weighted by Gasteiger charge is 2.51. The normalized spacial score (nSPS) is 26.0. The van der Waals surface area contributed by atoms with Gasteiger partial charge in [0.15, 0.2) is 5.82 Å². The van der Waals surface area contributed by atoms with E-state index in [2.05, 4.69) is 25.0 Å². The van der Waals surface area contributed by atoms with Crippen LogP contribution in [0.4, 0.5) is 10.2 Å². The fourth-order valence-electron chi connectivity index (χ4n) is 9.02. The molecule has 10 nitrogen and oxygen atoms in total. The number of carbonyl (C=O) groups excluding carboxylic acids is 2. The van der Waals surface area contributed by atoms with Crippen molar-refractivity contribution in [2.45, 2.75) is 111 Å². The number of likely N-dealkylation sites (tertiary alicyclic amines) is 1. The monoisotopic (exact) mass is 664 g/mol. The fourth-order valence-corrected chi connectivity index (χ4v) is 9.02. The molecule has 1 aromatic heterocycles. The first-order valence-corrected chi connectivity index (χ1v) is 17.9. The number of hydrogen-bond donors (Lipinski definition) is 1. The molecular weight excluding hydrogens is 611 g/mol. The van der Waals surface area contributed by atoms with E-state index >= 15 is 0 Å². The fraction of sp³-hybridized carbons (Fsp3) is 0.703. The molecule has 11 heteroatoms. The van der Waals surface area contributed by atoms with E-state index in [4.69, 9.17) is 4.74 Å². The second-order valence-corrected chi connectivity index (χ2v) is 16.4. The number of halogens is 1. The number of rotatable bonds is 9. The molecule has 0 bridgehead atoms. The highest BCUT2D eigenvalue weighted by atomic mass is 19.1. The molecule has 1 atom stereocenters. The van der Waals surface area contributed by atoms with Gasteiger partial charge in [-0.2, -0.15) is 0 Å². The number of benzene rings is 1. The largest absolute Gasteiger partial charge is 0.434 e. The number of aromatic nitrogens is 3. The van der Waals surface area contributed by atoms with Crippen molar-refractivity contribution in [1.82, 2.24) is 25.0 Å². The van der Waals surface area contributed by atoms with Gasteiger partial charge < -0.3 is 24.5 Å². The van der Waals surface area contributed by atoms with E-state index < -0.39 is 11.4 Å². The van der Waals surface area contributed by atoms with Crippen molar-refractivity contribution in [3.63, 3.8) is 0 Å². The van der Waals surface area contributed by atoms with E-state index in [1.54, 1.807) is 18.7 Å². The molecule has 2 aliphatic carbocycles. The molecule has 2 aliphatic heterocycles. The summed E-state index contributed by atoms with van der Waals surface area (Å²) < 4.78 is 20.6. The van der Waals surface area contributed by atoms with Crippen molar-refractivity contribution in [3.8, 4) is 11.6 Å². The Morgan fingerprint density at radius 2 is 1.75 bits per heavy atom. The molecule has 0 unspecified atom stereocenters. The Hall–Kier alpha value is -3.18. The number of piperidine rings is 1. The Bertz CT molecular complexity index is 1480. The maximum atomic E-state index is 14.4. The summed E-state index contributed by atoms with van der Waals surface area (Å²) in [6.07, 6.45) is 9.66. The third-order valence-electron chi connectivity index (χ3n) is 11.7. The van der Waals surface area contributed by atoms with Gasteiger partial charge in [-0.15, -0.1) is 10.2 Å². The SMILES string of the molecule is CC(C)N(C(=O)c1cc(F)ccc1Oc1nncnc1N1CC2(CCN(CC3CCC4(CC3)CC(=O)[C@H](C(C)(C)O)C4)CC2)C1)C(C)C. The molecule has 48 heavy (non-hydrogen) atoms. The Labute approximate surface area is 284 Å². The van der Waals surface area contributed by atoms with Crippen LogP contribution in [0.2, 0.25) is 0 Å². The van der Waals surface area contributed by atoms with Crippen LogP contribution in [0.25, 0.3) is 0 Å². The molecule has 0 radical (unpaired) electrons. The van der Waals surface area contributed by atoms with E-state index in [0.717, 1.165) is 64.8 Å². The minimum absolute atomic E-state index is 0.0713. The van der Waals surface area contributed by atoms with Crippen molar-refractivity contribution in [3.05, 3.63) is 35.9 Å². The Morgan fingerprint density at radius 1 is 1.08 bits per heavy atom. The molecular formula is C37H53FN6O4. The molecule has 3 heterocycles. The molecule has 2 saturated heterocycles. The molecule has 2 aromatic rings. The number of hydrogen-bond acceptors (Lipinski definition) is 9. The predicted octanol–water partition coefficient (Wildman–Crippen LogP) is 5.89. The average Bonchev–Trinajstić information content (AvgIpc) is 3.34. The third kappa shape index (κ3) is 7.08. The van der Waals surface area contributed by atoms with Gasteiger partial charge in [-0.25, -0.2) is 9.37 Å². The molecule has 4 aliphatic rings. The number of nitrogens with zero attached hydrogens (tertiary/aromatic N) is 6. The van der Waals surface area contributed by atoms with Crippen LogP contribution in [0.3, 0.4) is 0 Å². The molecule has 1 aromatic carbocycles. The van der Waals surface area contributed by atoms with Gasteiger partial charge in [-0.05, 0) is 129 Å². The van der Waals surface area contributed by atoms with Gasteiger partial charge in [0.1, 0.15) is 23.7 Å². The molecule has 1 N–H and O–H groups in total. The minimum Gasteiger partial charge on any atom is -0.434 e. The number of anilines is 1. The van der Waals surface area contributed by atoms with Crippen LogP contribution >= 0.6 is 0 Å². The summed E-state index contributed by atoms with van der Waals surface area (Å²) >= 11 is 0. The summed E-state index contributed by atoms with van der Waals surface area (Å²) in [6.45, 7) is 16.3. The molecule has 4 fully saturated rings. The van der Waals surface area contributed by atoms with E-state index in [-0.39, 0.29) is 57.7 Å². The quantitative estimate of drug-likeness (QED) is 0.351. The summed E-state index contributed by atoms with van der Waals surface area (Å²) in [5, 5.41) is 18.7. The molecule has 6 rings (SSSR count). The molecule has 2 spiro atoms. The van der Waals surface area contributed by atoms with E-state index in [9.17, 15) is 19.1 Å². The lowest BCUT2D eigenvalue weighted by Gasteiger charge is -2.54. The molecule has 1 amide bonds. The number of Topliss-reactive ketones (excluding diaryl/α,β-unsaturated/α-hetero) is 1. The van der Waals surface area contributed by atoms with Crippen molar-refractivity contribution in [1.29, 1.82) is 0 Å². The zero-order valence-electron chi connectivity index (χ0n) is 29.5. The van der Waals surface area contributed by atoms with Crippen LogP contribution in [-0.2, 0) is 4.79 Å². The third-order valence-corrected chi connectivity index (χ3v) is 11.7. The number of amides is 1. The Morgan fingerprint density at radius 3 is 2.35 bits per heavy atom. The smallest absolute Gasteiger partial charge is 0.282 e. The van der Waals surface area contributed by atoms with Crippen molar-refractivity contribution < 1.29 is 23.8 Å². The summed E-state index contributed by atoms with van der Waals surface area (Å²) in [5.41, 5.74) is -0.456. The highest BCUT2D eigenvalue weighted by molar-refractivity contribution is 5.97. The summed E-state index contributed by atoms with van der Waals surface area (Å²) in [4.78, 5) is 37.3. The Kier molecular flexibility index (Phi) is 9.58. The second kappa shape index (κ2) is 13.3. The molecule has 262 valence electrons. The van der Waals surface area contributed by atoms with Gasteiger partial charge in [-0.1, -0.05) is 0 Å². The average molecular weight is 665 g/mol.